The molecule has 4 heterocycles. The number of nitrogens with zero attached hydrogens (tertiary/aromatic N) is 4. The number of anilines is 1. The number of pyridine rings is 1. The Morgan fingerprint density at radius 1 is 1.05 bits per heavy atom. The van der Waals surface area contributed by atoms with Crippen LogP contribution in [0, 0.1) is 6.92 Å². The summed E-state index contributed by atoms with van der Waals surface area (Å²) in [4.78, 5) is 36.6. The predicted molar refractivity (Wildman–Crippen MR) is 169 cm³/mol. The van der Waals surface area contributed by atoms with Crippen LogP contribution in [0.2, 0.25) is 0 Å². The van der Waals surface area contributed by atoms with E-state index in [2.05, 4.69) is 49.4 Å². The molecule has 2 aromatic carbocycles. The highest BCUT2D eigenvalue weighted by Crippen LogP contribution is 2.27. The Morgan fingerprint density at radius 3 is 2.67 bits per heavy atom. The number of hydrogen-bond acceptors (Lipinski definition) is 6. The minimum Gasteiger partial charge on any atom is -0.494 e. The minimum absolute atomic E-state index is 0.254. The smallest absolute Gasteiger partial charge is 0.258 e. The van der Waals surface area contributed by atoms with Crippen molar-refractivity contribution < 1.29 is 9.53 Å². The molecule has 1 saturated heterocycles. The first-order chi connectivity index (χ1) is 20.9. The van der Waals surface area contributed by atoms with Crippen LogP contribution < -0.4 is 15.6 Å². The van der Waals surface area contributed by atoms with Crippen LogP contribution in [-0.2, 0) is 6.54 Å². The van der Waals surface area contributed by atoms with Crippen LogP contribution in [-0.4, -0.2) is 81.8 Å². The van der Waals surface area contributed by atoms with Crippen LogP contribution >= 0.6 is 0 Å². The van der Waals surface area contributed by atoms with Crippen molar-refractivity contribution in [1.82, 2.24) is 29.5 Å². The molecule has 0 unspecified atom stereocenters. The molecular formula is C33H37N7O3. The lowest BCUT2D eigenvalue weighted by Gasteiger charge is -2.32. The van der Waals surface area contributed by atoms with Gasteiger partial charge in [0.2, 0.25) is 0 Å². The quantitative estimate of drug-likeness (QED) is 0.212. The standard InChI is InChI=1S/C33H37N7O3/c1-23-4-6-24(7-5-23)21-40-22-26(19-35-40)32(41)36-27-18-29(33(42)34-20-27)31-17-25-16-28(8-9-30(25)37-31)43-15-3-10-39-13-11-38(2)12-14-39/h4-9,16-20,22,37H,3,10-15,21H2,1-2H3,(H,34,42)(H,36,41). The number of aryl methyl sites for hydroxylation is 1. The Bertz CT molecular complexity index is 1760. The fourth-order valence-electron chi connectivity index (χ4n) is 5.30. The van der Waals surface area contributed by atoms with Crippen LogP contribution in [0.25, 0.3) is 22.2 Å². The van der Waals surface area contributed by atoms with E-state index in [1.165, 1.54) is 11.8 Å². The maximum atomic E-state index is 13.0. The maximum absolute atomic E-state index is 13.0. The van der Waals surface area contributed by atoms with E-state index in [1.54, 1.807) is 23.1 Å². The van der Waals surface area contributed by atoms with Crippen molar-refractivity contribution in [2.45, 2.75) is 19.9 Å². The largest absolute Gasteiger partial charge is 0.494 e. The Kier molecular flexibility index (Phi) is 8.39. The number of piperazine rings is 1. The summed E-state index contributed by atoms with van der Waals surface area (Å²) >= 11 is 0. The van der Waals surface area contributed by atoms with E-state index < -0.39 is 0 Å². The Labute approximate surface area is 250 Å². The minimum atomic E-state index is -0.306. The number of carbonyl (C=O) groups excluding carboxylic acids is 1. The number of benzene rings is 2. The van der Waals surface area contributed by atoms with Gasteiger partial charge in [-0.15, -0.1) is 0 Å². The van der Waals surface area contributed by atoms with E-state index in [4.69, 9.17) is 4.74 Å². The highest BCUT2D eigenvalue weighted by molar-refractivity contribution is 6.04. The summed E-state index contributed by atoms with van der Waals surface area (Å²) in [5.41, 5.74) is 4.94. The third-order valence-electron chi connectivity index (χ3n) is 7.89. The summed E-state index contributed by atoms with van der Waals surface area (Å²) in [6, 6.07) is 17.7. The number of rotatable bonds is 10. The van der Waals surface area contributed by atoms with Gasteiger partial charge in [0.1, 0.15) is 5.75 Å². The molecule has 5 aromatic rings. The van der Waals surface area contributed by atoms with Gasteiger partial charge in [-0.1, -0.05) is 29.8 Å². The summed E-state index contributed by atoms with van der Waals surface area (Å²) < 4.78 is 7.77. The summed E-state index contributed by atoms with van der Waals surface area (Å²) in [6.45, 7) is 8.76. The first-order valence-electron chi connectivity index (χ1n) is 14.7. The van der Waals surface area contributed by atoms with Gasteiger partial charge in [-0.25, -0.2) is 0 Å². The number of nitrogens with one attached hydrogen (secondary N) is 3. The molecule has 1 aliphatic rings. The van der Waals surface area contributed by atoms with Crippen LogP contribution in [0.5, 0.6) is 5.75 Å². The number of fused-ring (bicyclic) bond motifs is 1. The lowest BCUT2D eigenvalue weighted by molar-refractivity contribution is 0.102. The number of aromatic amines is 2. The average molecular weight is 580 g/mol. The molecule has 10 heteroatoms. The topological polar surface area (TPSA) is 111 Å². The molecule has 0 radical (unpaired) electrons. The van der Waals surface area contributed by atoms with Crippen LogP contribution in [0.15, 0.2) is 78.0 Å². The predicted octanol–water partition coefficient (Wildman–Crippen LogP) is 4.35. The summed E-state index contributed by atoms with van der Waals surface area (Å²) in [6.07, 6.45) is 5.73. The second-order valence-electron chi connectivity index (χ2n) is 11.3. The van der Waals surface area contributed by atoms with Crippen molar-refractivity contribution in [1.29, 1.82) is 0 Å². The monoisotopic (exact) mass is 579 g/mol. The molecule has 222 valence electrons. The fourth-order valence-corrected chi connectivity index (χ4v) is 5.30. The number of ether oxygens (including phenoxy) is 1. The van der Waals surface area contributed by atoms with Crippen molar-refractivity contribution in [3.63, 3.8) is 0 Å². The molecule has 43 heavy (non-hydrogen) atoms. The second-order valence-corrected chi connectivity index (χ2v) is 11.3. The average Bonchev–Trinajstić information content (AvgIpc) is 3.65. The first-order valence-corrected chi connectivity index (χ1v) is 14.7. The highest BCUT2D eigenvalue weighted by atomic mass is 16.5. The van der Waals surface area contributed by atoms with Gasteiger partial charge in [-0.05, 0) is 56.3 Å². The molecule has 10 nitrogen and oxygen atoms in total. The fraction of sp³-hybridized carbons (Fsp3) is 0.303. The zero-order valence-electron chi connectivity index (χ0n) is 24.6. The second kappa shape index (κ2) is 12.7. The number of aromatic nitrogens is 4. The first kappa shape index (κ1) is 28.4. The SMILES string of the molecule is Cc1ccc(Cn2cc(C(=O)Nc3c[nH]c(=O)c(-c4cc5cc(OCCCN6CCN(C)CC6)ccc5[nH]4)c3)cn2)cc1. The van der Waals surface area contributed by atoms with Crippen molar-refractivity contribution >= 4 is 22.5 Å². The van der Waals surface area contributed by atoms with Gasteiger partial charge in [-0.3, -0.25) is 14.3 Å². The summed E-state index contributed by atoms with van der Waals surface area (Å²) in [5.74, 6) is 0.494. The van der Waals surface area contributed by atoms with Gasteiger partial charge in [0, 0.05) is 56.0 Å². The van der Waals surface area contributed by atoms with E-state index in [0.717, 1.165) is 61.4 Å². The maximum Gasteiger partial charge on any atom is 0.258 e. The van der Waals surface area contributed by atoms with Gasteiger partial charge in [0.15, 0.2) is 0 Å². The lowest BCUT2D eigenvalue weighted by Crippen LogP contribution is -2.44. The Morgan fingerprint density at radius 2 is 1.86 bits per heavy atom. The third-order valence-corrected chi connectivity index (χ3v) is 7.89. The Balaban J connectivity index is 1.08. The normalized spacial score (nSPS) is 14.3. The van der Waals surface area contributed by atoms with Crippen molar-refractivity contribution in [3.05, 3.63) is 100 Å². The number of likely N-dealkylation sites (N-methyl/N-ethyl adjacent to an activating group) is 1. The van der Waals surface area contributed by atoms with E-state index in [1.807, 2.05) is 43.3 Å². The van der Waals surface area contributed by atoms with Crippen LogP contribution in [0.1, 0.15) is 27.9 Å². The van der Waals surface area contributed by atoms with Gasteiger partial charge in [0.25, 0.3) is 11.5 Å². The molecule has 1 aliphatic heterocycles. The van der Waals surface area contributed by atoms with E-state index in [9.17, 15) is 9.59 Å². The number of hydrogen-bond donors (Lipinski definition) is 3. The molecule has 0 spiro atoms. The number of carbonyl (C=O) groups is 1. The van der Waals surface area contributed by atoms with Crippen molar-refractivity contribution in [3.8, 4) is 17.0 Å². The number of H-pyrrole nitrogens is 2. The van der Waals surface area contributed by atoms with Gasteiger partial charge < -0.3 is 29.8 Å². The summed E-state index contributed by atoms with van der Waals surface area (Å²) in [7, 11) is 2.17. The zero-order valence-corrected chi connectivity index (χ0v) is 24.6. The molecule has 1 amide bonds. The van der Waals surface area contributed by atoms with Crippen molar-refractivity contribution in [2.24, 2.45) is 0 Å². The molecule has 0 saturated carbocycles. The molecule has 1 fully saturated rings. The molecule has 0 bridgehead atoms. The van der Waals surface area contributed by atoms with Gasteiger partial charge in [0.05, 0.1) is 41.9 Å². The highest BCUT2D eigenvalue weighted by Gasteiger charge is 2.15. The van der Waals surface area contributed by atoms with E-state index in [-0.39, 0.29) is 11.5 Å². The molecule has 3 aromatic heterocycles. The third kappa shape index (κ3) is 7.04. The summed E-state index contributed by atoms with van der Waals surface area (Å²) in [5, 5.41) is 8.15. The van der Waals surface area contributed by atoms with Crippen molar-refractivity contribution in [2.75, 3.05) is 51.7 Å². The zero-order chi connectivity index (χ0) is 29.8. The molecular weight excluding hydrogens is 542 g/mol. The molecule has 6 rings (SSSR count). The lowest BCUT2D eigenvalue weighted by atomic mass is 10.1. The van der Waals surface area contributed by atoms with E-state index in [0.29, 0.717) is 35.7 Å². The molecule has 0 aliphatic carbocycles. The van der Waals surface area contributed by atoms with E-state index >= 15 is 0 Å². The van der Waals surface area contributed by atoms with Crippen LogP contribution in [0.4, 0.5) is 5.69 Å². The van der Waals surface area contributed by atoms with Gasteiger partial charge >= 0.3 is 0 Å². The molecule has 3 N–H and O–H groups in total. The molecule has 0 atom stereocenters. The van der Waals surface area contributed by atoms with Crippen LogP contribution in [0.3, 0.4) is 0 Å². The Hall–Kier alpha value is -4.67. The number of amides is 1. The van der Waals surface area contributed by atoms with Gasteiger partial charge in [-0.2, -0.15) is 5.10 Å².